The molecular formula is C19H30O. The van der Waals surface area contributed by atoms with Crippen molar-refractivity contribution in [3.05, 3.63) is 0 Å². The topological polar surface area (TPSA) is 17.1 Å². The Hall–Kier alpha value is -0.330. The molecule has 0 heterocycles. The summed E-state index contributed by atoms with van der Waals surface area (Å²) in [5.74, 6) is 2.92. The molecular weight excluding hydrogens is 244 g/mol. The second-order valence-electron chi connectivity index (χ2n) is 9.10. The van der Waals surface area contributed by atoms with Crippen molar-refractivity contribution in [1.29, 1.82) is 0 Å². The third kappa shape index (κ3) is 2.07. The lowest BCUT2D eigenvalue weighted by Crippen LogP contribution is -2.55. The maximum atomic E-state index is 13.3. The average Bonchev–Trinajstić information content (AvgIpc) is 2.63. The van der Waals surface area contributed by atoms with Crippen LogP contribution < -0.4 is 0 Å². The van der Waals surface area contributed by atoms with Gasteiger partial charge in [0, 0.05) is 11.3 Å². The van der Waals surface area contributed by atoms with Crippen LogP contribution in [0.5, 0.6) is 0 Å². The van der Waals surface area contributed by atoms with Gasteiger partial charge in [0.15, 0.2) is 0 Å². The van der Waals surface area contributed by atoms with Crippen molar-refractivity contribution < 1.29 is 4.79 Å². The third-order valence-electron chi connectivity index (χ3n) is 7.10. The summed E-state index contributed by atoms with van der Waals surface area (Å²) in [6.45, 7) is 2.49. The van der Waals surface area contributed by atoms with Crippen LogP contribution in [0.1, 0.15) is 84.0 Å². The van der Waals surface area contributed by atoms with E-state index in [1.807, 2.05) is 0 Å². The van der Waals surface area contributed by atoms with Crippen molar-refractivity contribution in [3.8, 4) is 0 Å². The molecule has 2 unspecified atom stereocenters. The zero-order valence-corrected chi connectivity index (χ0v) is 13.1. The Bertz CT molecular complexity index is 388. The lowest BCUT2D eigenvalue weighted by atomic mass is 9.43. The van der Waals surface area contributed by atoms with Gasteiger partial charge in [0.05, 0.1) is 0 Å². The molecule has 5 saturated carbocycles. The first-order valence-electron chi connectivity index (χ1n) is 9.13. The van der Waals surface area contributed by atoms with Gasteiger partial charge in [-0.15, -0.1) is 0 Å². The second kappa shape index (κ2) is 4.58. The van der Waals surface area contributed by atoms with Crippen LogP contribution in [0.4, 0.5) is 0 Å². The number of Topliss-reactive ketones (excluding diaryl/α,β-unsaturated/α-hetero) is 1. The predicted octanol–water partition coefficient (Wildman–Crippen LogP) is 5.13. The van der Waals surface area contributed by atoms with Crippen LogP contribution >= 0.6 is 0 Å². The highest BCUT2D eigenvalue weighted by atomic mass is 16.1. The Balaban J connectivity index is 1.58. The lowest BCUT2D eigenvalue weighted by Gasteiger charge is -2.61. The molecule has 0 spiro atoms. The monoisotopic (exact) mass is 274 g/mol. The van der Waals surface area contributed by atoms with Crippen molar-refractivity contribution in [2.75, 3.05) is 0 Å². The van der Waals surface area contributed by atoms with Gasteiger partial charge in [0.1, 0.15) is 5.78 Å². The summed E-state index contributed by atoms with van der Waals surface area (Å²) >= 11 is 0. The molecule has 0 aromatic carbocycles. The fourth-order valence-electron chi connectivity index (χ4n) is 6.98. The third-order valence-corrected chi connectivity index (χ3v) is 7.10. The van der Waals surface area contributed by atoms with Gasteiger partial charge in [-0.05, 0) is 68.6 Å². The lowest BCUT2D eigenvalue weighted by molar-refractivity contribution is -0.157. The van der Waals surface area contributed by atoms with E-state index in [9.17, 15) is 4.79 Å². The van der Waals surface area contributed by atoms with Crippen LogP contribution in [0.2, 0.25) is 0 Å². The minimum absolute atomic E-state index is 0.133. The van der Waals surface area contributed by atoms with Crippen molar-refractivity contribution in [3.63, 3.8) is 0 Å². The maximum Gasteiger partial charge on any atom is 0.142 e. The fraction of sp³-hybridized carbons (Fsp3) is 0.947. The number of ketones is 1. The van der Waals surface area contributed by atoms with Gasteiger partial charge in [0.2, 0.25) is 0 Å². The smallest absolute Gasteiger partial charge is 0.142 e. The Morgan fingerprint density at radius 2 is 1.50 bits per heavy atom. The number of hydrogen-bond acceptors (Lipinski definition) is 1. The van der Waals surface area contributed by atoms with E-state index in [2.05, 4.69) is 6.92 Å². The molecule has 5 aliphatic carbocycles. The summed E-state index contributed by atoms with van der Waals surface area (Å²) in [5, 5.41) is 0. The van der Waals surface area contributed by atoms with Crippen molar-refractivity contribution in [2.45, 2.75) is 84.0 Å². The van der Waals surface area contributed by atoms with Crippen molar-refractivity contribution >= 4 is 5.78 Å². The normalized spacial score (nSPS) is 48.2. The van der Waals surface area contributed by atoms with E-state index in [-0.39, 0.29) is 5.41 Å². The molecule has 0 aromatic heterocycles. The summed E-state index contributed by atoms with van der Waals surface area (Å²) in [5.41, 5.74) is 0.651. The number of rotatable bonds is 2. The Morgan fingerprint density at radius 1 is 0.900 bits per heavy atom. The van der Waals surface area contributed by atoms with Gasteiger partial charge in [0.25, 0.3) is 0 Å². The minimum Gasteiger partial charge on any atom is -0.299 e. The highest BCUT2D eigenvalue weighted by Gasteiger charge is 2.59. The highest BCUT2D eigenvalue weighted by Crippen LogP contribution is 2.66. The van der Waals surface area contributed by atoms with Gasteiger partial charge in [-0.25, -0.2) is 0 Å². The van der Waals surface area contributed by atoms with Crippen LogP contribution in [0.25, 0.3) is 0 Å². The van der Waals surface area contributed by atoms with Gasteiger partial charge in [-0.1, -0.05) is 32.6 Å². The zero-order valence-electron chi connectivity index (χ0n) is 13.1. The fourth-order valence-corrected chi connectivity index (χ4v) is 6.98. The molecule has 5 rings (SSSR count). The van der Waals surface area contributed by atoms with Gasteiger partial charge in [-0.2, -0.15) is 0 Å². The van der Waals surface area contributed by atoms with E-state index in [1.165, 1.54) is 77.0 Å². The Kier molecular flexibility index (Phi) is 3.06. The summed E-state index contributed by atoms with van der Waals surface area (Å²) in [4.78, 5) is 13.3. The molecule has 5 fully saturated rings. The van der Waals surface area contributed by atoms with Crippen LogP contribution in [0, 0.1) is 28.6 Å². The summed E-state index contributed by atoms with van der Waals surface area (Å²) in [6.07, 6.45) is 15.8. The molecule has 1 nitrogen and oxygen atoms in total. The Labute approximate surface area is 123 Å². The molecule has 0 amide bonds. The van der Waals surface area contributed by atoms with Gasteiger partial charge in [-0.3, -0.25) is 4.79 Å². The zero-order chi connectivity index (χ0) is 13.8. The first-order valence-corrected chi connectivity index (χ1v) is 9.13. The molecule has 0 radical (unpaired) electrons. The van der Waals surface area contributed by atoms with Crippen LogP contribution in [0.15, 0.2) is 0 Å². The quantitative estimate of drug-likeness (QED) is 0.638. The maximum absolute atomic E-state index is 13.3. The van der Waals surface area contributed by atoms with E-state index in [0.717, 1.165) is 17.6 Å². The van der Waals surface area contributed by atoms with E-state index in [0.29, 0.717) is 11.3 Å². The van der Waals surface area contributed by atoms with E-state index < -0.39 is 0 Å². The summed E-state index contributed by atoms with van der Waals surface area (Å²) in [7, 11) is 0. The van der Waals surface area contributed by atoms with Crippen molar-refractivity contribution in [1.82, 2.24) is 0 Å². The van der Waals surface area contributed by atoms with E-state index >= 15 is 0 Å². The van der Waals surface area contributed by atoms with E-state index in [1.54, 1.807) is 0 Å². The number of carbonyl (C=O) groups excluding carboxylic acids is 1. The molecule has 0 N–H and O–H groups in total. The second-order valence-corrected chi connectivity index (χ2v) is 9.10. The molecule has 2 atom stereocenters. The molecule has 1 heteroatoms. The molecule has 4 bridgehead atoms. The summed E-state index contributed by atoms with van der Waals surface area (Å²) < 4.78 is 0. The molecule has 20 heavy (non-hydrogen) atoms. The van der Waals surface area contributed by atoms with Gasteiger partial charge < -0.3 is 0 Å². The number of hydrogen-bond donors (Lipinski definition) is 0. The highest BCUT2D eigenvalue weighted by molar-refractivity contribution is 5.87. The minimum atomic E-state index is 0.133. The molecule has 0 aromatic rings. The first kappa shape index (κ1) is 13.3. The molecule has 5 aliphatic rings. The van der Waals surface area contributed by atoms with Crippen molar-refractivity contribution in [2.24, 2.45) is 28.6 Å². The van der Waals surface area contributed by atoms with Crippen LogP contribution in [-0.2, 0) is 4.79 Å². The Morgan fingerprint density at radius 3 is 2.05 bits per heavy atom. The van der Waals surface area contributed by atoms with Gasteiger partial charge >= 0.3 is 0 Å². The van der Waals surface area contributed by atoms with E-state index in [4.69, 9.17) is 0 Å². The predicted molar refractivity (Wildman–Crippen MR) is 81.4 cm³/mol. The molecule has 112 valence electrons. The van der Waals surface area contributed by atoms with Crippen LogP contribution in [0.3, 0.4) is 0 Å². The summed E-state index contributed by atoms with van der Waals surface area (Å²) in [6, 6.07) is 0. The molecule has 0 saturated heterocycles. The SMILES string of the molecule is CC12CC3CC(C1)CC(C(=O)C1CCCCCC1)(C3)C2. The molecule has 0 aliphatic heterocycles. The number of carbonyl (C=O) groups is 1. The first-order chi connectivity index (χ1) is 9.59. The average molecular weight is 274 g/mol. The van der Waals surface area contributed by atoms with Crippen LogP contribution in [-0.4, -0.2) is 5.78 Å². The standard InChI is InChI=1S/C19H30O/c1-18-9-14-8-15(10-18)12-19(11-14,13-18)17(20)16-6-4-2-3-5-7-16/h14-16H,2-13H2,1H3. The largest absolute Gasteiger partial charge is 0.299 e.